The highest BCUT2D eigenvalue weighted by molar-refractivity contribution is 5.94. The van der Waals surface area contributed by atoms with Crippen molar-refractivity contribution >= 4 is 11.7 Å². The van der Waals surface area contributed by atoms with Crippen molar-refractivity contribution in [1.29, 1.82) is 0 Å². The molecule has 2 fully saturated rings. The molecule has 2 aliphatic rings. The second kappa shape index (κ2) is 9.36. The number of piperidine rings is 2. The number of hydrogen-bond donors (Lipinski definition) is 0. The fourth-order valence-electron chi connectivity index (χ4n) is 4.36. The monoisotopic (exact) mass is 372 g/mol. The van der Waals surface area contributed by atoms with E-state index in [0.29, 0.717) is 23.8 Å². The Morgan fingerprint density at radius 3 is 2.52 bits per heavy atom. The van der Waals surface area contributed by atoms with Crippen molar-refractivity contribution < 1.29 is 14.3 Å². The summed E-state index contributed by atoms with van der Waals surface area (Å²) in [5.74, 6) is 0.834. The Morgan fingerprint density at radius 2 is 1.81 bits per heavy atom. The lowest BCUT2D eigenvalue weighted by atomic mass is 9.98. The summed E-state index contributed by atoms with van der Waals surface area (Å²) in [5.41, 5.74) is 1.43. The number of ketones is 1. The van der Waals surface area contributed by atoms with Gasteiger partial charge in [0.2, 0.25) is 5.91 Å². The normalized spacial score (nSPS) is 21.1. The molecule has 5 heteroatoms. The van der Waals surface area contributed by atoms with E-state index in [2.05, 4.69) is 9.80 Å². The predicted molar refractivity (Wildman–Crippen MR) is 106 cm³/mol. The van der Waals surface area contributed by atoms with Gasteiger partial charge in [-0.25, -0.2) is 0 Å². The fourth-order valence-corrected chi connectivity index (χ4v) is 4.36. The van der Waals surface area contributed by atoms with Gasteiger partial charge in [-0.1, -0.05) is 6.42 Å². The van der Waals surface area contributed by atoms with Crippen molar-refractivity contribution in [3.63, 3.8) is 0 Å². The van der Waals surface area contributed by atoms with E-state index >= 15 is 0 Å². The average Bonchev–Trinajstić information content (AvgIpc) is 2.69. The van der Waals surface area contributed by atoms with Gasteiger partial charge in [0.15, 0.2) is 5.78 Å². The quantitative estimate of drug-likeness (QED) is 0.719. The van der Waals surface area contributed by atoms with Gasteiger partial charge >= 0.3 is 0 Å². The van der Waals surface area contributed by atoms with Crippen LogP contribution in [0.1, 0.15) is 61.4 Å². The number of carbonyl (C=O) groups excluding carboxylic acids is 2. The van der Waals surface area contributed by atoms with E-state index in [0.717, 1.165) is 44.6 Å². The molecule has 5 nitrogen and oxygen atoms in total. The summed E-state index contributed by atoms with van der Waals surface area (Å²) in [6, 6.07) is 5.67. The summed E-state index contributed by atoms with van der Waals surface area (Å²) in [5, 5.41) is 0. The first-order valence-corrected chi connectivity index (χ1v) is 10.3. The number of hydrogen-bond acceptors (Lipinski definition) is 4. The molecule has 0 radical (unpaired) electrons. The molecule has 2 aliphatic heterocycles. The number of Topliss-reactive ketones (excluding diaryl/α,β-unsaturated/α-hetero) is 1. The van der Waals surface area contributed by atoms with Crippen LogP contribution in [0.5, 0.6) is 5.75 Å². The molecule has 0 spiro atoms. The fraction of sp³-hybridized carbons (Fsp3) is 0.636. The number of nitrogens with zero attached hydrogens (tertiary/aromatic N) is 2. The molecular formula is C22H32N2O3. The maximum atomic E-state index is 13.1. The molecule has 3 rings (SSSR count). The molecule has 0 aliphatic carbocycles. The minimum atomic E-state index is 0.00676. The molecule has 1 unspecified atom stereocenters. The minimum Gasteiger partial charge on any atom is -0.496 e. The topological polar surface area (TPSA) is 49.9 Å². The van der Waals surface area contributed by atoms with E-state index in [1.807, 2.05) is 6.07 Å². The molecule has 0 saturated carbocycles. The first-order valence-electron chi connectivity index (χ1n) is 10.3. The number of carbonyl (C=O) groups is 2. The van der Waals surface area contributed by atoms with E-state index in [1.54, 1.807) is 26.2 Å². The van der Waals surface area contributed by atoms with Crippen molar-refractivity contribution in [2.24, 2.45) is 0 Å². The molecule has 0 bridgehead atoms. The van der Waals surface area contributed by atoms with E-state index in [1.165, 1.54) is 25.7 Å². The molecule has 27 heavy (non-hydrogen) atoms. The third-order valence-electron chi connectivity index (χ3n) is 5.89. The van der Waals surface area contributed by atoms with Gasteiger partial charge in [0.1, 0.15) is 5.75 Å². The van der Waals surface area contributed by atoms with Gasteiger partial charge in [-0.2, -0.15) is 0 Å². The van der Waals surface area contributed by atoms with Gasteiger partial charge in [0.05, 0.1) is 13.5 Å². The van der Waals surface area contributed by atoms with Crippen LogP contribution in [0.25, 0.3) is 0 Å². The van der Waals surface area contributed by atoms with Crippen molar-refractivity contribution in [1.82, 2.24) is 9.80 Å². The number of amides is 1. The highest BCUT2D eigenvalue weighted by Crippen LogP contribution is 2.25. The summed E-state index contributed by atoms with van der Waals surface area (Å²) < 4.78 is 5.43. The number of methoxy groups -OCH3 is 1. The van der Waals surface area contributed by atoms with Gasteiger partial charge in [0, 0.05) is 30.3 Å². The summed E-state index contributed by atoms with van der Waals surface area (Å²) in [7, 11) is 1.61. The van der Waals surface area contributed by atoms with Crippen molar-refractivity contribution in [2.75, 3.05) is 33.3 Å². The Kier molecular flexibility index (Phi) is 6.89. The molecule has 2 heterocycles. The number of rotatable bonds is 6. The summed E-state index contributed by atoms with van der Waals surface area (Å²) in [4.78, 5) is 29.5. The van der Waals surface area contributed by atoms with Gasteiger partial charge in [-0.05, 0) is 70.3 Å². The number of ether oxygens (including phenoxy) is 1. The number of benzene rings is 1. The van der Waals surface area contributed by atoms with Gasteiger partial charge in [-0.15, -0.1) is 0 Å². The zero-order valence-corrected chi connectivity index (χ0v) is 16.7. The molecule has 1 aromatic carbocycles. The highest BCUT2D eigenvalue weighted by Gasteiger charge is 2.29. The second-order valence-corrected chi connectivity index (χ2v) is 7.86. The maximum Gasteiger partial charge on any atom is 0.227 e. The Morgan fingerprint density at radius 1 is 1.07 bits per heavy atom. The van der Waals surface area contributed by atoms with Crippen LogP contribution in [-0.4, -0.2) is 60.8 Å². The van der Waals surface area contributed by atoms with Crippen LogP contribution >= 0.6 is 0 Å². The van der Waals surface area contributed by atoms with E-state index in [4.69, 9.17) is 4.74 Å². The van der Waals surface area contributed by atoms with Gasteiger partial charge < -0.3 is 14.5 Å². The van der Waals surface area contributed by atoms with Crippen molar-refractivity contribution in [2.45, 2.75) is 57.9 Å². The Labute approximate surface area is 162 Å². The average molecular weight is 373 g/mol. The smallest absolute Gasteiger partial charge is 0.227 e. The molecule has 0 N–H and O–H groups in total. The van der Waals surface area contributed by atoms with E-state index < -0.39 is 0 Å². The maximum absolute atomic E-state index is 13.1. The van der Waals surface area contributed by atoms with Crippen LogP contribution in [0.15, 0.2) is 18.2 Å². The molecule has 1 amide bonds. The van der Waals surface area contributed by atoms with Gasteiger partial charge in [0.25, 0.3) is 0 Å². The SMILES string of the molecule is COc1ccc(C(C)=O)cc1CC(=O)N1CCCCC1CN1CCCCC1. The van der Waals surface area contributed by atoms with E-state index in [9.17, 15) is 9.59 Å². The third kappa shape index (κ3) is 5.10. The summed E-state index contributed by atoms with van der Waals surface area (Å²) in [6.07, 6.45) is 7.54. The lowest BCUT2D eigenvalue weighted by Gasteiger charge is -2.40. The predicted octanol–water partition coefficient (Wildman–Crippen LogP) is 3.31. The molecule has 0 aromatic heterocycles. The molecule has 1 atom stereocenters. The first kappa shape index (κ1) is 19.9. The third-order valence-corrected chi connectivity index (χ3v) is 5.89. The zero-order valence-electron chi connectivity index (χ0n) is 16.7. The summed E-state index contributed by atoms with van der Waals surface area (Å²) >= 11 is 0. The lowest BCUT2D eigenvalue weighted by molar-refractivity contribution is -0.134. The Bertz CT molecular complexity index is 668. The number of likely N-dealkylation sites (tertiary alicyclic amines) is 2. The van der Waals surface area contributed by atoms with Crippen LogP contribution in [0.2, 0.25) is 0 Å². The summed E-state index contributed by atoms with van der Waals surface area (Å²) in [6.45, 7) is 5.70. The van der Waals surface area contributed by atoms with Crippen LogP contribution in [0.3, 0.4) is 0 Å². The van der Waals surface area contributed by atoms with Crippen LogP contribution in [0.4, 0.5) is 0 Å². The standard InChI is InChI=1S/C22H32N2O3/c1-17(25)18-9-10-21(27-2)19(14-18)15-22(26)24-13-7-4-8-20(24)16-23-11-5-3-6-12-23/h9-10,14,20H,3-8,11-13,15-16H2,1-2H3. The minimum absolute atomic E-state index is 0.00676. The Hall–Kier alpha value is -1.88. The molecule has 1 aromatic rings. The van der Waals surface area contributed by atoms with Crippen LogP contribution < -0.4 is 4.74 Å². The molecular weight excluding hydrogens is 340 g/mol. The van der Waals surface area contributed by atoms with Gasteiger partial charge in [-0.3, -0.25) is 9.59 Å². The lowest BCUT2D eigenvalue weighted by Crippen LogP contribution is -2.50. The highest BCUT2D eigenvalue weighted by atomic mass is 16.5. The first-order chi connectivity index (χ1) is 13.1. The van der Waals surface area contributed by atoms with Crippen molar-refractivity contribution in [3.05, 3.63) is 29.3 Å². The van der Waals surface area contributed by atoms with Crippen LogP contribution in [0, 0.1) is 0 Å². The van der Waals surface area contributed by atoms with Crippen LogP contribution in [-0.2, 0) is 11.2 Å². The molecule has 2 saturated heterocycles. The van der Waals surface area contributed by atoms with E-state index in [-0.39, 0.29) is 11.7 Å². The molecule has 148 valence electrons. The zero-order chi connectivity index (χ0) is 19.2. The second-order valence-electron chi connectivity index (χ2n) is 7.86. The Balaban J connectivity index is 1.71. The van der Waals surface area contributed by atoms with Crippen molar-refractivity contribution in [3.8, 4) is 5.75 Å². The largest absolute Gasteiger partial charge is 0.496 e.